The number of hydrogen-bond acceptors (Lipinski definition) is 3. The van der Waals surface area contributed by atoms with Gasteiger partial charge in [-0.2, -0.15) is 0 Å². The van der Waals surface area contributed by atoms with Gasteiger partial charge in [0, 0.05) is 40.4 Å². The van der Waals surface area contributed by atoms with Gasteiger partial charge >= 0.3 is 0 Å². The average Bonchev–Trinajstić information content (AvgIpc) is 3.30. The summed E-state index contributed by atoms with van der Waals surface area (Å²) >= 11 is 1.78. The van der Waals surface area contributed by atoms with Crippen molar-refractivity contribution in [2.45, 2.75) is 26.7 Å². The van der Waals surface area contributed by atoms with Gasteiger partial charge in [-0.1, -0.05) is 18.2 Å². The van der Waals surface area contributed by atoms with Gasteiger partial charge in [0.05, 0.1) is 0 Å². The van der Waals surface area contributed by atoms with E-state index < -0.39 is 0 Å². The molecular formula is C24H24N2O2S. The number of rotatable bonds is 6. The Labute approximate surface area is 174 Å². The maximum absolute atomic E-state index is 10.7. The van der Waals surface area contributed by atoms with Crippen molar-refractivity contribution in [1.29, 1.82) is 0 Å². The SMILES string of the molecule is Cc1cc(Cc2csc(-c3ccc4c(ccn4C)c3)c2)c(C)cc1CC[N+](=O)[O-]. The third-order valence-electron chi connectivity index (χ3n) is 5.58. The van der Waals surface area contributed by atoms with Gasteiger partial charge in [-0.25, -0.2) is 0 Å². The van der Waals surface area contributed by atoms with E-state index >= 15 is 0 Å². The Morgan fingerprint density at radius 2 is 1.79 bits per heavy atom. The van der Waals surface area contributed by atoms with Crippen LogP contribution in [0.3, 0.4) is 0 Å². The van der Waals surface area contributed by atoms with E-state index in [0.717, 1.165) is 17.5 Å². The largest absolute Gasteiger partial charge is 0.351 e. The maximum atomic E-state index is 10.7. The van der Waals surface area contributed by atoms with Crippen molar-refractivity contribution in [2.75, 3.05) is 6.54 Å². The molecule has 5 heteroatoms. The average molecular weight is 405 g/mol. The molecule has 0 N–H and O–H groups in total. The molecule has 4 nitrogen and oxygen atoms in total. The molecule has 0 aliphatic heterocycles. The molecule has 0 aliphatic rings. The third kappa shape index (κ3) is 4.10. The van der Waals surface area contributed by atoms with Crippen molar-refractivity contribution in [3.05, 3.63) is 92.0 Å². The summed E-state index contributed by atoms with van der Waals surface area (Å²) in [5.41, 5.74) is 8.50. The number of benzene rings is 2. The number of hydrogen-bond donors (Lipinski definition) is 0. The minimum absolute atomic E-state index is 0.0146. The van der Waals surface area contributed by atoms with Crippen molar-refractivity contribution in [3.63, 3.8) is 0 Å². The first-order valence-electron chi connectivity index (χ1n) is 9.74. The molecule has 2 aromatic carbocycles. The first-order chi connectivity index (χ1) is 13.9. The van der Waals surface area contributed by atoms with Crippen LogP contribution < -0.4 is 0 Å². The van der Waals surface area contributed by atoms with Gasteiger partial charge in [-0.05, 0) is 83.3 Å². The topological polar surface area (TPSA) is 48.1 Å². The lowest BCUT2D eigenvalue weighted by molar-refractivity contribution is -0.479. The van der Waals surface area contributed by atoms with E-state index in [9.17, 15) is 10.1 Å². The highest BCUT2D eigenvalue weighted by atomic mass is 32.1. The highest BCUT2D eigenvalue weighted by molar-refractivity contribution is 7.13. The Kier molecular flexibility index (Phi) is 5.24. The smallest absolute Gasteiger partial charge is 0.207 e. The number of fused-ring (bicyclic) bond motifs is 1. The number of aromatic nitrogens is 1. The quantitative estimate of drug-likeness (QED) is 0.295. The Morgan fingerprint density at radius 3 is 2.59 bits per heavy atom. The van der Waals surface area contributed by atoms with Crippen LogP contribution >= 0.6 is 11.3 Å². The summed E-state index contributed by atoms with van der Waals surface area (Å²) in [6, 6.07) is 15.4. The van der Waals surface area contributed by atoms with Gasteiger partial charge in [-0.3, -0.25) is 10.1 Å². The van der Waals surface area contributed by atoms with Crippen molar-refractivity contribution < 1.29 is 4.92 Å². The monoisotopic (exact) mass is 404 g/mol. The number of nitro groups is 1. The lowest BCUT2D eigenvalue weighted by Gasteiger charge is -2.11. The molecule has 0 spiro atoms. The Morgan fingerprint density at radius 1 is 1.03 bits per heavy atom. The summed E-state index contributed by atoms with van der Waals surface area (Å²) in [5, 5.41) is 14.2. The second-order valence-electron chi connectivity index (χ2n) is 7.71. The predicted octanol–water partition coefficient (Wildman–Crippen LogP) is 5.93. The second kappa shape index (κ2) is 7.84. The van der Waals surface area contributed by atoms with Gasteiger partial charge in [0.1, 0.15) is 0 Å². The number of aryl methyl sites for hydroxylation is 3. The zero-order valence-corrected chi connectivity index (χ0v) is 17.8. The maximum Gasteiger partial charge on any atom is 0.207 e. The fourth-order valence-corrected chi connectivity index (χ4v) is 4.79. The molecule has 29 heavy (non-hydrogen) atoms. The fourth-order valence-electron chi connectivity index (χ4n) is 3.88. The normalized spacial score (nSPS) is 11.3. The highest BCUT2D eigenvalue weighted by Crippen LogP contribution is 2.31. The van der Waals surface area contributed by atoms with Crippen LogP contribution in [0.25, 0.3) is 21.3 Å². The van der Waals surface area contributed by atoms with Gasteiger partial charge in [0.2, 0.25) is 6.54 Å². The van der Waals surface area contributed by atoms with E-state index in [-0.39, 0.29) is 11.5 Å². The van der Waals surface area contributed by atoms with E-state index in [2.05, 4.69) is 72.6 Å². The molecule has 4 aromatic rings. The number of thiophene rings is 1. The van der Waals surface area contributed by atoms with Crippen LogP contribution in [0.1, 0.15) is 27.8 Å². The zero-order valence-electron chi connectivity index (χ0n) is 16.9. The van der Waals surface area contributed by atoms with E-state index in [0.29, 0.717) is 6.42 Å². The van der Waals surface area contributed by atoms with Crippen LogP contribution in [0, 0.1) is 24.0 Å². The van der Waals surface area contributed by atoms with E-state index in [1.807, 2.05) is 6.92 Å². The molecule has 148 valence electrons. The highest BCUT2D eigenvalue weighted by Gasteiger charge is 2.10. The summed E-state index contributed by atoms with van der Waals surface area (Å²) in [4.78, 5) is 11.7. The van der Waals surface area contributed by atoms with Gasteiger partial charge in [0.25, 0.3) is 0 Å². The van der Waals surface area contributed by atoms with Crippen LogP contribution in [0.5, 0.6) is 0 Å². The molecule has 2 heterocycles. The molecule has 4 rings (SSSR count). The van der Waals surface area contributed by atoms with Crippen molar-refractivity contribution in [3.8, 4) is 10.4 Å². The van der Waals surface area contributed by atoms with Gasteiger partial charge < -0.3 is 4.57 Å². The lowest BCUT2D eigenvalue weighted by atomic mass is 9.94. The summed E-state index contributed by atoms with van der Waals surface area (Å²) in [5.74, 6) is 0. The van der Waals surface area contributed by atoms with Crippen molar-refractivity contribution in [2.24, 2.45) is 7.05 Å². The first kappa shape index (κ1) is 19.4. The Hall–Kier alpha value is -2.92. The molecule has 0 unspecified atom stereocenters. The van der Waals surface area contributed by atoms with E-state index in [1.165, 1.54) is 38.0 Å². The zero-order chi connectivity index (χ0) is 20.5. The summed E-state index contributed by atoms with van der Waals surface area (Å²) in [6.45, 7) is 4.13. The summed E-state index contributed by atoms with van der Waals surface area (Å²) < 4.78 is 2.14. The molecule has 0 radical (unpaired) electrons. The van der Waals surface area contributed by atoms with Crippen LogP contribution in [-0.2, 0) is 19.9 Å². The van der Waals surface area contributed by atoms with E-state index in [4.69, 9.17) is 0 Å². The molecule has 0 fully saturated rings. The molecule has 0 saturated carbocycles. The molecule has 0 atom stereocenters. The number of nitrogens with zero attached hydrogens (tertiary/aromatic N) is 2. The third-order valence-corrected chi connectivity index (χ3v) is 6.60. The minimum atomic E-state index is -0.248. The molecule has 0 aliphatic carbocycles. The predicted molar refractivity (Wildman–Crippen MR) is 121 cm³/mol. The summed E-state index contributed by atoms with van der Waals surface area (Å²) in [6.07, 6.45) is 3.46. The fraction of sp³-hybridized carbons (Fsp3) is 0.250. The second-order valence-corrected chi connectivity index (χ2v) is 8.62. The minimum Gasteiger partial charge on any atom is -0.351 e. The van der Waals surface area contributed by atoms with Crippen LogP contribution in [-0.4, -0.2) is 16.0 Å². The van der Waals surface area contributed by atoms with Gasteiger partial charge in [0.15, 0.2) is 0 Å². The van der Waals surface area contributed by atoms with Crippen molar-refractivity contribution in [1.82, 2.24) is 4.57 Å². The lowest BCUT2D eigenvalue weighted by Crippen LogP contribution is -2.06. The van der Waals surface area contributed by atoms with E-state index in [1.54, 1.807) is 11.3 Å². The molecule has 0 amide bonds. The Balaban J connectivity index is 1.55. The van der Waals surface area contributed by atoms with Crippen LogP contribution in [0.2, 0.25) is 0 Å². The molecule has 0 bridgehead atoms. The standard InChI is InChI=1S/C24H24N2O2S/c1-16-11-22(17(2)10-19(16)7-9-26(27)28)12-18-13-24(29-15-18)21-4-5-23-20(14-21)6-8-25(23)3/h4-6,8,10-11,13-15H,7,9,12H2,1-3H3. The molecule has 0 saturated heterocycles. The Bertz CT molecular complexity index is 1200. The van der Waals surface area contributed by atoms with Gasteiger partial charge in [-0.15, -0.1) is 11.3 Å². The summed E-state index contributed by atoms with van der Waals surface area (Å²) in [7, 11) is 2.07. The van der Waals surface area contributed by atoms with Crippen LogP contribution in [0.15, 0.2) is 54.0 Å². The molecular weight excluding hydrogens is 380 g/mol. The van der Waals surface area contributed by atoms with Crippen molar-refractivity contribution >= 4 is 22.2 Å². The molecule has 2 aromatic heterocycles. The first-order valence-corrected chi connectivity index (χ1v) is 10.6. The van der Waals surface area contributed by atoms with Crippen LogP contribution in [0.4, 0.5) is 0 Å².